The predicted molar refractivity (Wildman–Crippen MR) is 48.1 cm³/mol. The summed E-state index contributed by atoms with van der Waals surface area (Å²) in [5, 5.41) is 0. The second-order valence-electron chi connectivity index (χ2n) is 2.90. The van der Waals surface area contributed by atoms with Crippen LogP contribution in [0.15, 0.2) is 22.6 Å². The van der Waals surface area contributed by atoms with Crippen molar-refractivity contribution in [1.29, 1.82) is 0 Å². The van der Waals surface area contributed by atoms with Crippen LogP contribution in [0.3, 0.4) is 0 Å². The van der Waals surface area contributed by atoms with Crippen LogP contribution < -0.4 is 0 Å². The van der Waals surface area contributed by atoms with E-state index >= 15 is 0 Å². The number of hydrogen-bond acceptors (Lipinski definition) is 2. The van der Waals surface area contributed by atoms with E-state index in [4.69, 9.17) is 4.42 Å². The lowest BCUT2D eigenvalue weighted by Crippen LogP contribution is -1.84. The molecule has 0 spiro atoms. The molecule has 0 aromatic carbocycles. The minimum atomic E-state index is 0.879. The van der Waals surface area contributed by atoms with E-state index in [9.17, 15) is 0 Å². The molecule has 0 radical (unpaired) electrons. The molecule has 62 valence electrons. The zero-order valence-electron chi connectivity index (χ0n) is 7.29. The van der Waals surface area contributed by atoms with Gasteiger partial charge in [-0.2, -0.15) is 0 Å². The predicted octanol–water partition coefficient (Wildman–Crippen LogP) is 2.70. The Hall–Kier alpha value is -1.31. The molecule has 0 unspecified atom stereocenters. The molecular formula is C10H11NO. The van der Waals surface area contributed by atoms with E-state index in [2.05, 4.69) is 11.9 Å². The third-order valence-electron chi connectivity index (χ3n) is 1.92. The molecule has 0 atom stereocenters. The van der Waals surface area contributed by atoms with Crippen molar-refractivity contribution in [3.05, 3.63) is 29.7 Å². The normalized spacial score (nSPS) is 10.8. The topological polar surface area (TPSA) is 26.0 Å². The van der Waals surface area contributed by atoms with Gasteiger partial charge in [-0.25, -0.2) is 4.98 Å². The summed E-state index contributed by atoms with van der Waals surface area (Å²) >= 11 is 0. The maximum Gasteiger partial charge on any atom is 0.152 e. The molecule has 0 aliphatic rings. The Kier molecular flexibility index (Phi) is 1.61. The summed E-state index contributed by atoms with van der Waals surface area (Å²) in [5.41, 5.74) is 2.96. The van der Waals surface area contributed by atoms with E-state index in [1.807, 2.05) is 25.1 Å². The van der Waals surface area contributed by atoms with Gasteiger partial charge in [0, 0.05) is 11.8 Å². The molecule has 2 aromatic heterocycles. The first-order valence-corrected chi connectivity index (χ1v) is 4.15. The Balaban J connectivity index is 2.66. The Morgan fingerprint density at radius 1 is 1.42 bits per heavy atom. The second-order valence-corrected chi connectivity index (χ2v) is 2.90. The van der Waals surface area contributed by atoms with Crippen LogP contribution in [-0.2, 0) is 6.42 Å². The molecule has 0 fully saturated rings. The van der Waals surface area contributed by atoms with Gasteiger partial charge in [0.1, 0.15) is 11.3 Å². The molecule has 0 aliphatic carbocycles. The monoisotopic (exact) mass is 161 g/mol. The molecule has 0 saturated carbocycles. The van der Waals surface area contributed by atoms with Crippen molar-refractivity contribution in [3.8, 4) is 0 Å². The summed E-state index contributed by atoms with van der Waals surface area (Å²) in [6, 6.07) is 5.95. The standard InChI is InChI=1S/C10H11NO/c1-3-8-4-5-10-9(11-8)6-7(2)12-10/h4-6H,3H2,1-2H3. The summed E-state index contributed by atoms with van der Waals surface area (Å²) in [6.45, 7) is 4.04. The Morgan fingerprint density at radius 2 is 2.25 bits per heavy atom. The van der Waals surface area contributed by atoms with Crippen molar-refractivity contribution < 1.29 is 4.42 Å². The minimum Gasteiger partial charge on any atom is -0.460 e. The first-order chi connectivity index (χ1) is 5.79. The van der Waals surface area contributed by atoms with Gasteiger partial charge < -0.3 is 4.42 Å². The number of pyridine rings is 1. The quantitative estimate of drug-likeness (QED) is 0.642. The van der Waals surface area contributed by atoms with Gasteiger partial charge in [-0.1, -0.05) is 6.92 Å². The van der Waals surface area contributed by atoms with Crippen LogP contribution >= 0.6 is 0 Å². The van der Waals surface area contributed by atoms with Crippen LogP contribution in [0.4, 0.5) is 0 Å². The molecule has 0 N–H and O–H groups in total. The maximum absolute atomic E-state index is 5.40. The zero-order valence-corrected chi connectivity index (χ0v) is 7.29. The number of nitrogens with zero attached hydrogens (tertiary/aromatic N) is 1. The number of aryl methyl sites for hydroxylation is 2. The lowest BCUT2D eigenvalue weighted by Gasteiger charge is -1.92. The van der Waals surface area contributed by atoms with Gasteiger partial charge in [-0.05, 0) is 25.5 Å². The lowest BCUT2D eigenvalue weighted by molar-refractivity contribution is 0.578. The van der Waals surface area contributed by atoms with Crippen LogP contribution in [0.1, 0.15) is 18.4 Å². The van der Waals surface area contributed by atoms with Gasteiger partial charge >= 0.3 is 0 Å². The van der Waals surface area contributed by atoms with E-state index in [1.165, 1.54) is 0 Å². The first kappa shape index (κ1) is 7.35. The highest BCUT2D eigenvalue weighted by Gasteiger charge is 2.01. The molecule has 2 rings (SSSR count). The third-order valence-corrected chi connectivity index (χ3v) is 1.92. The Bertz CT molecular complexity index is 403. The first-order valence-electron chi connectivity index (χ1n) is 4.15. The molecule has 0 saturated heterocycles. The second kappa shape index (κ2) is 2.63. The highest BCUT2D eigenvalue weighted by atomic mass is 16.3. The van der Waals surface area contributed by atoms with Gasteiger partial charge in [0.25, 0.3) is 0 Å². The number of fused-ring (bicyclic) bond motifs is 1. The van der Waals surface area contributed by atoms with Gasteiger partial charge in [-0.15, -0.1) is 0 Å². The minimum absolute atomic E-state index is 0.879. The summed E-state index contributed by atoms with van der Waals surface area (Å²) in [5.74, 6) is 0.922. The fraction of sp³-hybridized carbons (Fsp3) is 0.300. The molecule has 2 nitrogen and oxygen atoms in total. The van der Waals surface area contributed by atoms with Crippen molar-refractivity contribution in [2.45, 2.75) is 20.3 Å². The number of hydrogen-bond donors (Lipinski definition) is 0. The third kappa shape index (κ3) is 1.09. The number of aromatic nitrogens is 1. The number of furan rings is 1. The van der Waals surface area contributed by atoms with Crippen molar-refractivity contribution in [3.63, 3.8) is 0 Å². The van der Waals surface area contributed by atoms with Gasteiger partial charge in [0.15, 0.2) is 5.58 Å². The fourth-order valence-corrected chi connectivity index (χ4v) is 1.29. The SMILES string of the molecule is CCc1ccc2oc(C)cc2n1. The van der Waals surface area contributed by atoms with Crippen molar-refractivity contribution >= 4 is 11.1 Å². The molecule has 12 heavy (non-hydrogen) atoms. The fourth-order valence-electron chi connectivity index (χ4n) is 1.29. The van der Waals surface area contributed by atoms with Crippen LogP contribution in [0.5, 0.6) is 0 Å². The zero-order chi connectivity index (χ0) is 8.55. The molecule has 2 heteroatoms. The van der Waals surface area contributed by atoms with Crippen LogP contribution in [0.2, 0.25) is 0 Å². The molecule has 0 bridgehead atoms. The average molecular weight is 161 g/mol. The van der Waals surface area contributed by atoms with Crippen molar-refractivity contribution in [2.24, 2.45) is 0 Å². The largest absolute Gasteiger partial charge is 0.460 e. The van der Waals surface area contributed by atoms with Gasteiger partial charge in [0.2, 0.25) is 0 Å². The lowest BCUT2D eigenvalue weighted by atomic mass is 10.3. The van der Waals surface area contributed by atoms with Crippen LogP contribution in [0.25, 0.3) is 11.1 Å². The van der Waals surface area contributed by atoms with Crippen molar-refractivity contribution in [2.75, 3.05) is 0 Å². The summed E-state index contributed by atoms with van der Waals surface area (Å²) < 4.78 is 5.40. The van der Waals surface area contributed by atoms with Crippen LogP contribution in [-0.4, -0.2) is 4.98 Å². The smallest absolute Gasteiger partial charge is 0.152 e. The maximum atomic E-state index is 5.40. The Labute approximate surface area is 71.2 Å². The van der Waals surface area contributed by atoms with E-state index in [-0.39, 0.29) is 0 Å². The highest BCUT2D eigenvalue weighted by Crippen LogP contribution is 2.16. The van der Waals surface area contributed by atoms with Gasteiger partial charge in [-0.3, -0.25) is 0 Å². The molecule has 0 aliphatic heterocycles. The van der Waals surface area contributed by atoms with E-state index in [1.54, 1.807) is 0 Å². The molecule has 0 amide bonds. The number of rotatable bonds is 1. The summed E-state index contributed by atoms with van der Waals surface area (Å²) in [4.78, 5) is 4.42. The van der Waals surface area contributed by atoms with Crippen molar-refractivity contribution in [1.82, 2.24) is 4.98 Å². The highest BCUT2D eigenvalue weighted by molar-refractivity contribution is 5.73. The summed E-state index contributed by atoms with van der Waals surface area (Å²) in [6.07, 6.45) is 0.972. The van der Waals surface area contributed by atoms with E-state index in [0.29, 0.717) is 0 Å². The van der Waals surface area contributed by atoms with Gasteiger partial charge in [0.05, 0.1) is 0 Å². The van der Waals surface area contributed by atoms with E-state index < -0.39 is 0 Å². The van der Waals surface area contributed by atoms with E-state index in [0.717, 1.165) is 29.0 Å². The Morgan fingerprint density at radius 3 is 3.00 bits per heavy atom. The molecule has 2 aromatic rings. The van der Waals surface area contributed by atoms with Crippen LogP contribution in [0, 0.1) is 6.92 Å². The molecule has 2 heterocycles. The molecular weight excluding hydrogens is 150 g/mol. The average Bonchev–Trinajstić information content (AvgIpc) is 2.43. The summed E-state index contributed by atoms with van der Waals surface area (Å²) in [7, 11) is 0.